The number of fused-ring (bicyclic) bond motifs is 3. The standard InChI is InChI=1S/C15H9Br3O/c1-19-15-13-7-9(17)3-5-11(13)10-4-2-8(16)6-12(10)14(15)18/h2-7H,1H3. The Hall–Kier alpha value is -0.580. The molecule has 0 fully saturated rings. The van der Waals surface area contributed by atoms with Crippen molar-refractivity contribution in [3.05, 3.63) is 49.8 Å². The first-order valence-electron chi connectivity index (χ1n) is 5.66. The lowest BCUT2D eigenvalue weighted by Crippen LogP contribution is -1.89. The lowest BCUT2D eigenvalue weighted by atomic mass is 10.0. The van der Waals surface area contributed by atoms with Crippen molar-refractivity contribution in [2.24, 2.45) is 0 Å². The Bertz CT molecular complexity index is 796. The first-order chi connectivity index (χ1) is 9.11. The van der Waals surface area contributed by atoms with Crippen molar-refractivity contribution in [2.45, 2.75) is 0 Å². The summed E-state index contributed by atoms with van der Waals surface area (Å²) in [6, 6.07) is 12.5. The summed E-state index contributed by atoms with van der Waals surface area (Å²) in [5.41, 5.74) is 0. The molecule has 3 rings (SSSR count). The van der Waals surface area contributed by atoms with E-state index in [1.807, 2.05) is 0 Å². The van der Waals surface area contributed by atoms with Gasteiger partial charge >= 0.3 is 0 Å². The predicted molar refractivity (Wildman–Crippen MR) is 91.1 cm³/mol. The molecule has 0 N–H and O–H groups in total. The summed E-state index contributed by atoms with van der Waals surface area (Å²) in [6.45, 7) is 0. The number of hydrogen-bond acceptors (Lipinski definition) is 1. The van der Waals surface area contributed by atoms with Gasteiger partial charge in [-0.05, 0) is 51.0 Å². The molecule has 3 aromatic rings. The molecule has 0 heterocycles. The fraction of sp³-hybridized carbons (Fsp3) is 0.0667. The molecule has 0 aromatic heterocycles. The second-order valence-corrected chi connectivity index (χ2v) is 6.85. The van der Waals surface area contributed by atoms with Gasteiger partial charge in [0.05, 0.1) is 11.6 Å². The van der Waals surface area contributed by atoms with Crippen LogP contribution in [0.5, 0.6) is 5.75 Å². The first kappa shape index (κ1) is 13.4. The molecule has 0 radical (unpaired) electrons. The average molecular weight is 445 g/mol. The topological polar surface area (TPSA) is 9.23 Å². The summed E-state index contributed by atoms with van der Waals surface area (Å²) in [4.78, 5) is 0. The van der Waals surface area contributed by atoms with Crippen LogP contribution < -0.4 is 4.74 Å². The highest BCUT2D eigenvalue weighted by atomic mass is 79.9. The number of ether oxygens (including phenoxy) is 1. The van der Waals surface area contributed by atoms with E-state index in [4.69, 9.17) is 4.74 Å². The Morgan fingerprint density at radius 3 is 1.84 bits per heavy atom. The third-order valence-electron chi connectivity index (χ3n) is 3.14. The highest BCUT2D eigenvalue weighted by Gasteiger charge is 2.13. The van der Waals surface area contributed by atoms with Gasteiger partial charge in [-0.25, -0.2) is 0 Å². The molecule has 4 heteroatoms. The Morgan fingerprint density at radius 1 is 0.737 bits per heavy atom. The molecule has 0 bridgehead atoms. The van der Waals surface area contributed by atoms with Gasteiger partial charge in [-0.3, -0.25) is 0 Å². The van der Waals surface area contributed by atoms with Crippen LogP contribution in [0.4, 0.5) is 0 Å². The Kier molecular flexibility index (Phi) is 3.58. The third-order valence-corrected chi connectivity index (χ3v) is 4.91. The van der Waals surface area contributed by atoms with E-state index in [1.165, 1.54) is 10.8 Å². The van der Waals surface area contributed by atoms with Gasteiger partial charge in [0.1, 0.15) is 5.75 Å². The van der Waals surface area contributed by atoms with Crippen molar-refractivity contribution in [2.75, 3.05) is 7.11 Å². The SMILES string of the molecule is COc1c(Br)c2cc(Br)ccc2c2ccc(Br)cc12. The van der Waals surface area contributed by atoms with Crippen LogP contribution in [0.15, 0.2) is 49.8 Å². The van der Waals surface area contributed by atoms with Crippen molar-refractivity contribution in [3.8, 4) is 5.75 Å². The van der Waals surface area contributed by atoms with Crippen LogP contribution in [0.3, 0.4) is 0 Å². The Balaban J connectivity index is 2.60. The van der Waals surface area contributed by atoms with Crippen molar-refractivity contribution >= 4 is 69.3 Å². The van der Waals surface area contributed by atoms with Crippen LogP contribution in [0.2, 0.25) is 0 Å². The summed E-state index contributed by atoms with van der Waals surface area (Å²) in [7, 11) is 1.70. The number of rotatable bonds is 1. The fourth-order valence-corrected chi connectivity index (χ4v) is 3.74. The van der Waals surface area contributed by atoms with Gasteiger partial charge in [0.25, 0.3) is 0 Å². The van der Waals surface area contributed by atoms with E-state index in [0.717, 1.165) is 29.9 Å². The number of methoxy groups -OCH3 is 1. The number of benzene rings is 3. The maximum absolute atomic E-state index is 5.58. The van der Waals surface area contributed by atoms with Crippen LogP contribution in [0.1, 0.15) is 0 Å². The number of halogens is 3. The van der Waals surface area contributed by atoms with Crippen molar-refractivity contribution < 1.29 is 4.74 Å². The van der Waals surface area contributed by atoms with Gasteiger partial charge < -0.3 is 4.74 Å². The third kappa shape index (κ3) is 2.20. The van der Waals surface area contributed by atoms with Crippen molar-refractivity contribution in [1.29, 1.82) is 0 Å². The van der Waals surface area contributed by atoms with E-state index >= 15 is 0 Å². The highest BCUT2D eigenvalue weighted by Crippen LogP contribution is 2.42. The van der Waals surface area contributed by atoms with Gasteiger partial charge in [-0.15, -0.1) is 0 Å². The fourth-order valence-electron chi connectivity index (χ4n) is 2.31. The quantitative estimate of drug-likeness (QED) is 0.401. The smallest absolute Gasteiger partial charge is 0.141 e. The van der Waals surface area contributed by atoms with Gasteiger partial charge in [0.2, 0.25) is 0 Å². The molecule has 96 valence electrons. The molecule has 1 nitrogen and oxygen atoms in total. The van der Waals surface area contributed by atoms with Gasteiger partial charge in [0.15, 0.2) is 0 Å². The molecular formula is C15H9Br3O. The second-order valence-electron chi connectivity index (χ2n) is 4.23. The van der Waals surface area contributed by atoms with Crippen LogP contribution in [-0.4, -0.2) is 7.11 Å². The summed E-state index contributed by atoms with van der Waals surface area (Å²) < 4.78 is 8.66. The van der Waals surface area contributed by atoms with E-state index in [9.17, 15) is 0 Å². The zero-order chi connectivity index (χ0) is 13.6. The van der Waals surface area contributed by atoms with E-state index in [1.54, 1.807) is 7.11 Å². The first-order valence-corrected chi connectivity index (χ1v) is 8.03. The normalized spacial score (nSPS) is 11.2. The molecule has 3 aromatic carbocycles. The zero-order valence-electron chi connectivity index (χ0n) is 10.0. The van der Waals surface area contributed by atoms with Crippen LogP contribution in [0.25, 0.3) is 21.5 Å². The molecule has 0 saturated carbocycles. The minimum atomic E-state index is 0.863. The largest absolute Gasteiger partial charge is 0.495 e. The van der Waals surface area contributed by atoms with Gasteiger partial charge in [-0.1, -0.05) is 44.0 Å². The molecule has 0 atom stereocenters. The van der Waals surface area contributed by atoms with E-state index in [2.05, 4.69) is 84.2 Å². The summed E-state index contributed by atoms with van der Waals surface area (Å²) in [5, 5.41) is 4.63. The summed E-state index contributed by atoms with van der Waals surface area (Å²) in [6.07, 6.45) is 0. The predicted octanol–water partition coefficient (Wildman–Crippen LogP) is 6.29. The molecule has 0 spiro atoms. The molecule has 0 saturated heterocycles. The van der Waals surface area contributed by atoms with E-state index in [-0.39, 0.29) is 0 Å². The summed E-state index contributed by atoms with van der Waals surface area (Å²) >= 11 is 10.7. The van der Waals surface area contributed by atoms with Crippen LogP contribution in [0, 0.1) is 0 Å². The molecule has 19 heavy (non-hydrogen) atoms. The van der Waals surface area contributed by atoms with Crippen LogP contribution in [-0.2, 0) is 0 Å². The van der Waals surface area contributed by atoms with E-state index in [0.29, 0.717) is 0 Å². The molecule has 0 aliphatic rings. The van der Waals surface area contributed by atoms with Crippen LogP contribution >= 0.6 is 47.8 Å². The second kappa shape index (κ2) is 5.08. The molecule has 0 unspecified atom stereocenters. The lowest BCUT2D eigenvalue weighted by molar-refractivity contribution is 0.418. The Morgan fingerprint density at radius 2 is 1.26 bits per heavy atom. The molecular weight excluding hydrogens is 436 g/mol. The molecule has 0 aliphatic heterocycles. The minimum absolute atomic E-state index is 0.863. The summed E-state index contributed by atoms with van der Waals surface area (Å²) in [5.74, 6) is 0.863. The monoisotopic (exact) mass is 442 g/mol. The average Bonchev–Trinajstić information content (AvgIpc) is 2.39. The number of hydrogen-bond donors (Lipinski definition) is 0. The highest BCUT2D eigenvalue weighted by molar-refractivity contribution is 9.11. The minimum Gasteiger partial charge on any atom is -0.495 e. The lowest BCUT2D eigenvalue weighted by Gasteiger charge is -2.13. The molecule has 0 aliphatic carbocycles. The van der Waals surface area contributed by atoms with Crippen molar-refractivity contribution in [1.82, 2.24) is 0 Å². The maximum Gasteiger partial charge on any atom is 0.141 e. The Labute approximate surface area is 136 Å². The van der Waals surface area contributed by atoms with Crippen molar-refractivity contribution in [3.63, 3.8) is 0 Å². The molecule has 0 amide bonds. The van der Waals surface area contributed by atoms with E-state index < -0.39 is 0 Å². The van der Waals surface area contributed by atoms with Gasteiger partial charge in [0, 0.05) is 19.7 Å². The zero-order valence-corrected chi connectivity index (χ0v) is 14.8. The van der Waals surface area contributed by atoms with Gasteiger partial charge in [-0.2, -0.15) is 0 Å². The maximum atomic E-state index is 5.58.